The predicted molar refractivity (Wildman–Crippen MR) is 150 cm³/mol. The monoisotopic (exact) mass is 561 g/mol. The van der Waals surface area contributed by atoms with Gasteiger partial charge in [0, 0.05) is 36.9 Å². The Morgan fingerprint density at radius 2 is 1.72 bits per heavy atom. The summed E-state index contributed by atoms with van der Waals surface area (Å²) in [5, 5.41) is 9.75. The second-order valence-electron chi connectivity index (χ2n) is 9.96. The lowest BCUT2D eigenvalue weighted by Gasteiger charge is -2.32. The summed E-state index contributed by atoms with van der Waals surface area (Å²) < 4.78 is 60.9. The maximum Gasteiger partial charge on any atom is 0.268 e. The summed E-state index contributed by atoms with van der Waals surface area (Å²) in [5.41, 5.74) is 3.30. The van der Waals surface area contributed by atoms with Crippen molar-refractivity contribution in [2.75, 3.05) is 13.4 Å². The molecule has 39 heavy (non-hydrogen) atoms. The van der Waals surface area contributed by atoms with Crippen molar-refractivity contribution in [1.82, 2.24) is 3.97 Å². The van der Waals surface area contributed by atoms with Gasteiger partial charge in [-0.1, -0.05) is 23.8 Å². The lowest BCUT2D eigenvalue weighted by molar-refractivity contribution is 0.0622. The molecule has 0 aliphatic carbocycles. The van der Waals surface area contributed by atoms with Crippen LogP contribution in [0.1, 0.15) is 34.7 Å². The Kier molecular flexibility index (Phi) is 6.30. The second-order valence-corrected chi connectivity index (χ2v) is 13.8. The molecule has 200 valence electrons. The van der Waals surface area contributed by atoms with Crippen LogP contribution in [0.15, 0.2) is 75.6 Å². The molecule has 10 heteroatoms. The zero-order chi connectivity index (χ0) is 28.3. The Balaban J connectivity index is 1.80. The number of hydrogen-bond acceptors (Lipinski definition) is 7. The van der Waals surface area contributed by atoms with E-state index in [1.54, 1.807) is 56.3 Å². The number of methoxy groups -OCH3 is 1. The van der Waals surface area contributed by atoms with Gasteiger partial charge >= 0.3 is 0 Å². The van der Waals surface area contributed by atoms with Gasteiger partial charge in [-0.2, -0.15) is 5.26 Å². The molecule has 0 saturated heterocycles. The van der Waals surface area contributed by atoms with Crippen LogP contribution in [-0.4, -0.2) is 39.9 Å². The van der Waals surface area contributed by atoms with E-state index in [-0.39, 0.29) is 9.79 Å². The highest BCUT2D eigenvalue weighted by Crippen LogP contribution is 2.43. The molecule has 0 saturated carbocycles. The normalized spacial score (nSPS) is 15.0. The third-order valence-electron chi connectivity index (χ3n) is 7.33. The number of aromatic nitrogens is 1. The number of ether oxygens (including phenoxy) is 1. The van der Waals surface area contributed by atoms with E-state index in [0.29, 0.717) is 45.4 Å². The van der Waals surface area contributed by atoms with Crippen molar-refractivity contribution >= 4 is 42.2 Å². The van der Waals surface area contributed by atoms with Gasteiger partial charge in [-0.3, -0.25) is 4.99 Å². The van der Waals surface area contributed by atoms with Crippen molar-refractivity contribution in [1.29, 1.82) is 5.26 Å². The first-order chi connectivity index (χ1) is 18.3. The number of nitriles is 1. The average Bonchev–Trinajstić information content (AvgIpc) is 3.53. The topological polar surface area (TPSA) is 119 Å². The lowest BCUT2D eigenvalue weighted by atomic mass is 9.85. The zero-order valence-electron chi connectivity index (χ0n) is 22.2. The van der Waals surface area contributed by atoms with Gasteiger partial charge < -0.3 is 4.74 Å². The Morgan fingerprint density at radius 3 is 2.33 bits per heavy atom. The molecule has 0 amide bonds. The average molecular weight is 562 g/mol. The third kappa shape index (κ3) is 4.27. The Morgan fingerprint density at radius 1 is 1.03 bits per heavy atom. The SMILES string of the molecule is COC(C)(C1=Nc2cc(C#N)ccc2C1)c1c(S(C)(=O)=O)cc(C)c2c1ccn2S(=O)(=O)c1ccc(C)cc1. The summed E-state index contributed by atoms with van der Waals surface area (Å²) in [4.78, 5) is 4.93. The highest BCUT2D eigenvalue weighted by molar-refractivity contribution is 7.91. The minimum Gasteiger partial charge on any atom is -0.368 e. The summed E-state index contributed by atoms with van der Waals surface area (Å²) in [6.07, 6.45) is 2.95. The van der Waals surface area contributed by atoms with Crippen LogP contribution in [0.25, 0.3) is 10.9 Å². The molecular weight excluding hydrogens is 534 g/mol. The Hall–Kier alpha value is -3.78. The van der Waals surface area contributed by atoms with E-state index in [2.05, 4.69) is 6.07 Å². The van der Waals surface area contributed by atoms with Crippen molar-refractivity contribution < 1.29 is 21.6 Å². The van der Waals surface area contributed by atoms with E-state index in [9.17, 15) is 22.1 Å². The molecule has 0 fully saturated rings. The number of sulfone groups is 1. The van der Waals surface area contributed by atoms with Crippen molar-refractivity contribution in [3.63, 3.8) is 0 Å². The van der Waals surface area contributed by atoms with Crippen molar-refractivity contribution in [2.24, 2.45) is 4.99 Å². The highest BCUT2D eigenvalue weighted by Gasteiger charge is 2.41. The van der Waals surface area contributed by atoms with E-state index in [4.69, 9.17) is 9.73 Å². The molecule has 1 unspecified atom stereocenters. The first-order valence-corrected chi connectivity index (χ1v) is 15.5. The fourth-order valence-corrected chi connectivity index (χ4v) is 7.65. The number of aliphatic imine (C=N–C) groups is 1. The number of benzene rings is 3. The van der Waals surface area contributed by atoms with Crippen LogP contribution in [0.2, 0.25) is 0 Å². The first-order valence-electron chi connectivity index (χ1n) is 12.1. The number of nitrogens with zero attached hydrogens (tertiary/aromatic N) is 3. The van der Waals surface area contributed by atoms with Crippen molar-refractivity contribution in [2.45, 2.75) is 42.6 Å². The number of fused-ring (bicyclic) bond motifs is 2. The van der Waals surface area contributed by atoms with Gasteiger partial charge in [-0.05, 0) is 68.3 Å². The lowest BCUT2D eigenvalue weighted by Crippen LogP contribution is -2.36. The van der Waals surface area contributed by atoms with Gasteiger partial charge in [0.25, 0.3) is 10.0 Å². The molecule has 1 atom stereocenters. The molecule has 1 aromatic heterocycles. The van der Waals surface area contributed by atoms with E-state index in [1.165, 1.54) is 23.3 Å². The molecule has 2 heterocycles. The molecular formula is C29H27N3O5S2. The number of rotatable bonds is 6. The summed E-state index contributed by atoms with van der Waals surface area (Å²) in [6.45, 7) is 5.31. The minimum absolute atomic E-state index is 0.0405. The van der Waals surface area contributed by atoms with Gasteiger partial charge in [0.15, 0.2) is 9.84 Å². The quantitative estimate of drug-likeness (QED) is 0.328. The summed E-state index contributed by atoms with van der Waals surface area (Å²) in [5.74, 6) is 0. The van der Waals surface area contributed by atoms with E-state index in [1.807, 2.05) is 13.0 Å². The maximum atomic E-state index is 13.7. The molecule has 4 aromatic rings. The number of hydrogen-bond donors (Lipinski definition) is 0. The second kappa shape index (κ2) is 9.16. The van der Waals surface area contributed by atoms with Crippen LogP contribution in [0, 0.1) is 25.2 Å². The molecule has 0 N–H and O–H groups in total. The van der Waals surface area contributed by atoms with E-state index < -0.39 is 25.5 Å². The Bertz CT molecular complexity index is 1950. The molecule has 3 aromatic carbocycles. The largest absolute Gasteiger partial charge is 0.368 e. The molecule has 1 aliphatic rings. The van der Waals surface area contributed by atoms with Gasteiger partial charge in [0.1, 0.15) is 5.60 Å². The fraction of sp³-hybridized carbons (Fsp3) is 0.241. The summed E-state index contributed by atoms with van der Waals surface area (Å²) in [6, 6.07) is 17.0. The minimum atomic E-state index is -3.98. The van der Waals surface area contributed by atoms with Gasteiger partial charge in [-0.25, -0.2) is 20.8 Å². The number of aryl methyl sites for hydroxylation is 2. The molecule has 1 aliphatic heterocycles. The molecule has 5 rings (SSSR count). The third-order valence-corrected chi connectivity index (χ3v) is 10.1. The molecule has 0 radical (unpaired) electrons. The van der Waals surface area contributed by atoms with Gasteiger partial charge in [0.05, 0.1) is 38.3 Å². The summed E-state index contributed by atoms with van der Waals surface area (Å²) >= 11 is 0. The van der Waals surface area contributed by atoms with Gasteiger partial charge in [0.2, 0.25) is 0 Å². The van der Waals surface area contributed by atoms with E-state index >= 15 is 0 Å². The van der Waals surface area contributed by atoms with Crippen molar-refractivity contribution in [3.05, 3.63) is 88.6 Å². The fourth-order valence-electron chi connectivity index (χ4n) is 5.17. The standard InChI is InChI=1S/C29H27N3O5S2/c1-18-6-10-22(11-7-18)39(35,36)32-13-12-23-27(25(38(5,33)34)14-19(2)28(23)32)29(3,37-4)26-16-21-9-8-20(17-30)15-24(21)31-26/h6-15H,16H2,1-5H3. The van der Waals surface area contributed by atoms with Crippen LogP contribution in [-0.2, 0) is 36.6 Å². The molecule has 0 bridgehead atoms. The predicted octanol–water partition coefficient (Wildman–Crippen LogP) is 4.96. The van der Waals surface area contributed by atoms with Crippen molar-refractivity contribution in [3.8, 4) is 6.07 Å². The smallest absolute Gasteiger partial charge is 0.268 e. The van der Waals surface area contributed by atoms with E-state index in [0.717, 1.165) is 17.4 Å². The Labute approximate surface area is 228 Å². The summed E-state index contributed by atoms with van der Waals surface area (Å²) in [7, 11) is -6.28. The first kappa shape index (κ1) is 26.8. The zero-order valence-corrected chi connectivity index (χ0v) is 23.8. The van der Waals surface area contributed by atoms with Crippen LogP contribution >= 0.6 is 0 Å². The van der Waals surface area contributed by atoms with Gasteiger partial charge in [-0.15, -0.1) is 0 Å². The highest BCUT2D eigenvalue weighted by atomic mass is 32.2. The molecule has 8 nitrogen and oxygen atoms in total. The van der Waals surface area contributed by atoms with Crippen LogP contribution in [0.4, 0.5) is 5.69 Å². The molecule has 0 spiro atoms. The van der Waals surface area contributed by atoms with Crippen LogP contribution in [0.3, 0.4) is 0 Å². The van der Waals surface area contributed by atoms with Crippen LogP contribution < -0.4 is 0 Å². The maximum absolute atomic E-state index is 13.7. The van der Waals surface area contributed by atoms with Crippen LogP contribution in [0.5, 0.6) is 0 Å².